The molecule has 28 heavy (non-hydrogen) atoms. The van der Waals surface area contributed by atoms with Gasteiger partial charge in [-0.1, -0.05) is 40.9 Å². The van der Waals surface area contributed by atoms with E-state index in [1.165, 1.54) is 10.6 Å². The fourth-order valence-electron chi connectivity index (χ4n) is 3.02. The molecule has 0 aliphatic carbocycles. The third kappa shape index (κ3) is 2.93. The number of esters is 1. The van der Waals surface area contributed by atoms with Gasteiger partial charge in [0.05, 0.1) is 26.5 Å². The van der Waals surface area contributed by atoms with E-state index in [9.17, 15) is 9.59 Å². The molecule has 0 atom stereocenters. The maximum atomic E-state index is 12.6. The maximum absolute atomic E-state index is 12.6. The highest BCUT2D eigenvalue weighted by Gasteiger charge is 2.18. The van der Waals surface area contributed by atoms with Crippen LogP contribution in [0.15, 0.2) is 41.2 Å². The van der Waals surface area contributed by atoms with Gasteiger partial charge in [-0.15, -0.1) is 10.2 Å². The fourth-order valence-corrected chi connectivity index (χ4v) is 3.40. The van der Waals surface area contributed by atoms with Crippen molar-refractivity contribution in [3.8, 4) is 0 Å². The van der Waals surface area contributed by atoms with Gasteiger partial charge in [0, 0.05) is 7.05 Å². The van der Waals surface area contributed by atoms with Gasteiger partial charge in [-0.3, -0.25) is 13.8 Å². The first kappa shape index (κ1) is 18.5. The number of rotatable bonds is 3. The Hall–Kier alpha value is -2.90. The van der Waals surface area contributed by atoms with Crippen LogP contribution in [0.3, 0.4) is 0 Å². The summed E-state index contributed by atoms with van der Waals surface area (Å²) in [6.07, 6.45) is 0. The Bertz CT molecular complexity index is 1310. The number of hydrogen-bond acceptors (Lipinski definition) is 5. The lowest BCUT2D eigenvalue weighted by Crippen LogP contribution is -2.20. The average molecular weight is 417 g/mol. The lowest BCUT2D eigenvalue weighted by molar-refractivity contribution is 0.0461. The van der Waals surface area contributed by atoms with Gasteiger partial charge in [0.2, 0.25) is 5.78 Å². The monoisotopic (exact) mass is 416 g/mol. The number of benzene rings is 2. The van der Waals surface area contributed by atoms with Crippen LogP contribution in [-0.4, -0.2) is 25.1 Å². The van der Waals surface area contributed by atoms with Crippen LogP contribution < -0.4 is 5.56 Å². The van der Waals surface area contributed by atoms with Crippen molar-refractivity contribution in [2.45, 2.75) is 13.5 Å². The van der Waals surface area contributed by atoms with Crippen molar-refractivity contribution in [2.24, 2.45) is 7.05 Å². The summed E-state index contributed by atoms with van der Waals surface area (Å²) in [7, 11) is 1.62. The van der Waals surface area contributed by atoms with Gasteiger partial charge in [-0.2, -0.15) is 0 Å². The lowest BCUT2D eigenvalue weighted by Gasteiger charge is -2.09. The molecule has 0 radical (unpaired) electrons. The lowest BCUT2D eigenvalue weighted by atomic mass is 10.1. The number of carbonyl (C=O) groups is 1. The van der Waals surface area contributed by atoms with E-state index in [0.717, 1.165) is 5.56 Å². The van der Waals surface area contributed by atoms with E-state index in [0.29, 0.717) is 22.5 Å². The number of hydrogen-bond donors (Lipinski definition) is 0. The Balaban J connectivity index is 1.76. The molecule has 2 aromatic carbocycles. The zero-order valence-electron chi connectivity index (χ0n) is 14.9. The van der Waals surface area contributed by atoms with Crippen LogP contribution >= 0.6 is 23.2 Å². The van der Waals surface area contributed by atoms with E-state index in [1.54, 1.807) is 29.6 Å². The Morgan fingerprint density at radius 1 is 1.18 bits per heavy atom. The largest absolute Gasteiger partial charge is 0.454 e. The van der Waals surface area contributed by atoms with Gasteiger partial charge < -0.3 is 4.74 Å². The summed E-state index contributed by atoms with van der Waals surface area (Å²) in [5.41, 5.74) is 1.59. The Morgan fingerprint density at radius 3 is 2.75 bits per heavy atom. The summed E-state index contributed by atoms with van der Waals surface area (Å²) in [6.45, 7) is 1.76. The van der Waals surface area contributed by atoms with E-state index >= 15 is 0 Å². The number of fused-ring (bicyclic) bond motifs is 3. The molecule has 0 aliphatic rings. The molecule has 0 fully saturated rings. The summed E-state index contributed by atoms with van der Waals surface area (Å²) in [4.78, 5) is 25.0. The predicted octanol–water partition coefficient (Wildman–Crippen LogP) is 3.55. The molecule has 9 heteroatoms. The molecule has 4 rings (SSSR count). The number of nitrogens with zero attached hydrogens (tertiary/aromatic N) is 4. The van der Waals surface area contributed by atoms with Gasteiger partial charge in [-0.05, 0) is 31.2 Å². The summed E-state index contributed by atoms with van der Waals surface area (Å²) < 4.78 is 8.47. The highest BCUT2D eigenvalue weighted by Crippen LogP contribution is 2.26. The summed E-state index contributed by atoms with van der Waals surface area (Å²) in [5.74, 6) is 0.105. The first-order chi connectivity index (χ1) is 13.4. The Labute approximate surface area is 169 Å². The second-order valence-electron chi connectivity index (χ2n) is 6.31. The molecule has 0 amide bonds. The molecule has 4 aromatic rings. The van der Waals surface area contributed by atoms with E-state index < -0.39 is 5.97 Å². The van der Waals surface area contributed by atoms with E-state index in [2.05, 4.69) is 10.2 Å². The van der Waals surface area contributed by atoms with Crippen LogP contribution in [0.5, 0.6) is 0 Å². The van der Waals surface area contributed by atoms with Crippen molar-refractivity contribution in [1.82, 2.24) is 19.2 Å². The van der Waals surface area contributed by atoms with Crippen molar-refractivity contribution in [1.29, 1.82) is 0 Å². The Morgan fingerprint density at radius 2 is 1.96 bits per heavy atom. The molecule has 0 aliphatic heterocycles. The van der Waals surface area contributed by atoms with Gasteiger partial charge in [0.1, 0.15) is 0 Å². The molecule has 0 saturated heterocycles. The van der Waals surface area contributed by atoms with Crippen LogP contribution in [-0.2, 0) is 18.4 Å². The fraction of sp³-hybridized carbons (Fsp3) is 0.158. The third-order valence-corrected chi connectivity index (χ3v) is 5.26. The number of halogens is 2. The van der Waals surface area contributed by atoms with Gasteiger partial charge in [0.15, 0.2) is 12.4 Å². The minimum absolute atomic E-state index is 0.128. The van der Waals surface area contributed by atoms with Crippen LogP contribution in [0.4, 0.5) is 0 Å². The van der Waals surface area contributed by atoms with Crippen LogP contribution in [0.2, 0.25) is 10.0 Å². The molecule has 0 N–H and O–H groups in total. The van der Waals surface area contributed by atoms with Crippen molar-refractivity contribution in [2.75, 3.05) is 0 Å². The predicted molar refractivity (Wildman–Crippen MR) is 106 cm³/mol. The maximum Gasteiger partial charge on any atom is 0.340 e. The minimum Gasteiger partial charge on any atom is -0.454 e. The standard InChI is InChI=1S/C19H14Cl2N4O3/c1-10-6-7-14-12(8-10)17(26)24(2)19-23-22-15(25(14)19)9-28-18(27)11-4-3-5-13(20)16(11)21/h3-8H,9H2,1-2H3. The molecule has 0 bridgehead atoms. The molecule has 142 valence electrons. The van der Waals surface area contributed by atoms with Crippen molar-refractivity contribution >= 4 is 45.9 Å². The summed E-state index contributed by atoms with van der Waals surface area (Å²) >= 11 is 12.0. The molecule has 7 nitrogen and oxygen atoms in total. The van der Waals surface area contributed by atoms with Crippen LogP contribution in [0.1, 0.15) is 21.7 Å². The molecule has 0 saturated carbocycles. The van der Waals surface area contributed by atoms with Gasteiger partial charge in [0.25, 0.3) is 5.56 Å². The van der Waals surface area contributed by atoms with Crippen LogP contribution in [0, 0.1) is 6.92 Å². The summed E-state index contributed by atoms with van der Waals surface area (Å²) in [6, 6.07) is 10.2. The highest BCUT2D eigenvalue weighted by molar-refractivity contribution is 6.43. The van der Waals surface area contributed by atoms with Crippen LogP contribution in [0.25, 0.3) is 16.7 Å². The first-order valence-corrected chi connectivity index (χ1v) is 9.08. The summed E-state index contributed by atoms with van der Waals surface area (Å²) in [5, 5.41) is 9.08. The zero-order chi connectivity index (χ0) is 20.0. The van der Waals surface area contributed by atoms with Crippen molar-refractivity contribution in [3.05, 3.63) is 73.7 Å². The molecule has 2 aromatic heterocycles. The number of aromatic nitrogens is 4. The smallest absolute Gasteiger partial charge is 0.340 e. The zero-order valence-corrected chi connectivity index (χ0v) is 16.5. The second-order valence-corrected chi connectivity index (χ2v) is 7.10. The number of ether oxygens (including phenoxy) is 1. The number of aryl methyl sites for hydroxylation is 2. The van der Waals surface area contributed by atoms with Gasteiger partial charge in [-0.25, -0.2) is 4.79 Å². The number of carbonyl (C=O) groups excluding carboxylic acids is 1. The minimum atomic E-state index is -0.630. The topological polar surface area (TPSA) is 78.5 Å². The molecule has 0 unspecified atom stereocenters. The molecule has 2 heterocycles. The van der Waals surface area contributed by atoms with Crippen molar-refractivity contribution < 1.29 is 9.53 Å². The molecular weight excluding hydrogens is 403 g/mol. The normalized spacial score (nSPS) is 11.3. The van der Waals surface area contributed by atoms with Crippen molar-refractivity contribution in [3.63, 3.8) is 0 Å². The van der Waals surface area contributed by atoms with Gasteiger partial charge >= 0.3 is 5.97 Å². The quantitative estimate of drug-likeness (QED) is 0.477. The SMILES string of the molecule is Cc1ccc2c(c1)c(=O)n(C)c1nnc(COC(=O)c3cccc(Cl)c3Cl)n21. The average Bonchev–Trinajstić information content (AvgIpc) is 3.10. The Kier molecular flexibility index (Phi) is 4.56. The molecule has 0 spiro atoms. The van der Waals surface area contributed by atoms with E-state index in [-0.39, 0.29) is 27.8 Å². The van der Waals surface area contributed by atoms with E-state index in [1.807, 2.05) is 19.1 Å². The van der Waals surface area contributed by atoms with E-state index in [4.69, 9.17) is 27.9 Å². The first-order valence-electron chi connectivity index (χ1n) is 8.33. The highest BCUT2D eigenvalue weighted by atomic mass is 35.5. The second kappa shape index (κ2) is 6.92. The third-order valence-electron chi connectivity index (χ3n) is 4.44. The molecular formula is C19H14Cl2N4O3.